The van der Waals surface area contributed by atoms with Crippen molar-refractivity contribution in [3.63, 3.8) is 0 Å². The SMILES string of the molecule is O=C(Cn1nc(C(F)(F)F)cc1C1CC1)NC1CCS(=O)(=O)C1. The third-order valence-corrected chi connectivity index (χ3v) is 5.76. The van der Waals surface area contributed by atoms with Crippen LogP contribution < -0.4 is 5.32 Å². The maximum absolute atomic E-state index is 12.8. The highest BCUT2D eigenvalue weighted by Crippen LogP contribution is 2.42. The van der Waals surface area contributed by atoms with Crippen LogP contribution in [0.25, 0.3) is 0 Å². The predicted octanol–water partition coefficient (Wildman–Crippen LogP) is 1.08. The van der Waals surface area contributed by atoms with E-state index in [1.165, 1.54) is 0 Å². The van der Waals surface area contributed by atoms with Crippen molar-refractivity contribution in [1.29, 1.82) is 0 Å². The van der Waals surface area contributed by atoms with E-state index in [0.717, 1.165) is 23.6 Å². The van der Waals surface area contributed by atoms with Crippen molar-refractivity contribution in [3.05, 3.63) is 17.5 Å². The van der Waals surface area contributed by atoms with Crippen molar-refractivity contribution in [2.24, 2.45) is 0 Å². The summed E-state index contributed by atoms with van der Waals surface area (Å²) in [5.74, 6) is -0.615. The Labute approximate surface area is 131 Å². The van der Waals surface area contributed by atoms with Crippen LogP contribution in [-0.4, -0.2) is 41.7 Å². The molecule has 1 saturated heterocycles. The number of alkyl halides is 3. The van der Waals surface area contributed by atoms with E-state index in [9.17, 15) is 26.4 Å². The largest absolute Gasteiger partial charge is 0.435 e. The van der Waals surface area contributed by atoms with Crippen molar-refractivity contribution >= 4 is 15.7 Å². The monoisotopic (exact) mass is 351 g/mol. The topological polar surface area (TPSA) is 81.1 Å². The van der Waals surface area contributed by atoms with Crippen LogP contribution in [-0.2, 0) is 27.4 Å². The number of hydrogen-bond acceptors (Lipinski definition) is 4. The van der Waals surface area contributed by atoms with Gasteiger partial charge in [0.15, 0.2) is 15.5 Å². The molecule has 23 heavy (non-hydrogen) atoms. The molecule has 1 aliphatic carbocycles. The van der Waals surface area contributed by atoms with Crippen LogP contribution in [0.1, 0.15) is 36.6 Å². The lowest BCUT2D eigenvalue weighted by molar-refractivity contribution is -0.141. The molecule has 1 aromatic heterocycles. The molecule has 1 saturated carbocycles. The number of nitrogens with one attached hydrogen (secondary N) is 1. The van der Waals surface area contributed by atoms with Crippen molar-refractivity contribution in [1.82, 2.24) is 15.1 Å². The number of sulfone groups is 1. The first kappa shape index (κ1) is 16.3. The smallest absolute Gasteiger partial charge is 0.351 e. The van der Waals surface area contributed by atoms with Crippen LogP contribution in [0.5, 0.6) is 0 Å². The molecule has 0 bridgehead atoms. The van der Waals surface area contributed by atoms with Crippen LogP contribution in [0, 0.1) is 0 Å². The van der Waals surface area contributed by atoms with Crippen LogP contribution in [0.15, 0.2) is 6.07 Å². The number of aromatic nitrogens is 2. The first-order valence-electron chi connectivity index (χ1n) is 7.29. The first-order valence-corrected chi connectivity index (χ1v) is 9.11. The van der Waals surface area contributed by atoms with Gasteiger partial charge in [-0.25, -0.2) is 8.42 Å². The van der Waals surface area contributed by atoms with Crippen molar-refractivity contribution < 1.29 is 26.4 Å². The number of hydrogen-bond donors (Lipinski definition) is 1. The fourth-order valence-electron chi connectivity index (χ4n) is 2.72. The summed E-state index contributed by atoms with van der Waals surface area (Å²) in [5.41, 5.74) is -0.595. The van der Waals surface area contributed by atoms with Gasteiger partial charge in [-0.15, -0.1) is 0 Å². The molecule has 0 spiro atoms. The Morgan fingerprint density at radius 2 is 2.04 bits per heavy atom. The van der Waals surface area contributed by atoms with Gasteiger partial charge in [0, 0.05) is 17.7 Å². The quantitative estimate of drug-likeness (QED) is 0.880. The molecule has 6 nitrogen and oxygen atoms in total. The first-order chi connectivity index (χ1) is 10.6. The third-order valence-electron chi connectivity index (χ3n) is 3.99. The highest BCUT2D eigenvalue weighted by atomic mass is 32.2. The standard InChI is InChI=1S/C13H16F3N3O3S/c14-13(15,16)11-5-10(8-1-2-8)19(18-11)6-12(20)17-9-3-4-23(21,22)7-9/h5,8-9H,1-4,6-7H2,(H,17,20). The van der Waals surface area contributed by atoms with Gasteiger partial charge in [-0.3, -0.25) is 9.48 Å². The lowest BCUT2D eigenvalue weighted by atomic mass is 10.2. The molecule has 128 valence electrons. The number of rotatable bonds is 4. The number of carbonyl (C=O) groups excluding carboxylic acids is 1. The molecular weight excluding hydrogens is 335 g/mol. The van der Waals surface area contributed by atoms with Crippen LogP contribution in [0.3, 0.4) is 0 Å². The highest BCUT2D eigenvalue weighted by Gasteiger charge is 2.38. The minimum absolute atomic E-state index is 0.0123. The fourth-order valence-corrected chi connectivity index (χ4v) is 4.40. The summed E-state index contributed by atoms with van der Waals surface area (Å²) in [6.07, 6.45) is -2.65. The van der Waals surface area contributed by atoms with Gasteiger partial charge in [-0.2, -0.15) is 18.3 Å². The normalized spacial score (nSPS) is 23.9. The summed E-state index contributed by atoms with van der Waals surface area (Å²) in [5, 5.41) is 6.06. The molecule has 2 aliphatic rings. The number of amides is 1. The molecule has 3 rings (SSSR count). The summed E-state index contributed by atoms with van der Waals surface area (Å²) in [6, 6.07) is 0.514. The second-order valence-corrected chi connectivity index (χ2v) is 8.28. The van der Waals surface area contributed by atoms with E-state index < -0.39 is 33.7 Å². The van der Waals surface area contributed by atoms with E-state index in [1.807, 2.05) is 0 Å². The number of carbonyl (C=O) groups is 1. The molecule has 2 heterocycles. The molecule has 1 aliphatic heterocycles. The van der Waals surface area contributed by atoms with Crippen molar-refractivity contribution in [2.75, 3.05) is 11.5 Å². The Morgan fingerprint density at radius 3 is 2.57 bits per heavy atom. The van der Waals surface area contributed by atoms with E-state index in [1.54, 1.807) is 0 Å². The zero-order valence-electron chi connectivity index (χ0n) is 12.1. The Balaban J connectivity index is 1.69. The third kappa shape index (κ3) is 3.85. The molecule has 1 atom stereocenters. The molecule has 1 amide bonds. The molecule has 1 N–H and O–H groups in total. The van der Waals surface area contributed by atoms with Gasteiger partial charge in [0.2, 0.25) is 5.91 Å². The minimum Gasteiger partial charge on any atom is -0.351 e. The van der Waals surface area contributed by atoms with Crippen LogP contribution in [0.2, 0.25) is 0 Å². The summed E-state index contributed by atoms with van der Waals surface area (Å²) in [4.78, 5) is 12.0. The van der Waals surface area contributed by atoms with Crippen molar-refractivity contribution in [2.45, 2.75) is 43.9 Å². The van der Waals surface area contributed by atoms with Gasteiger partial charge in [0.05, 0.1) is 11.5 Å². The maximum atomic E-state index is 12.8. The number of halogens is 3. The van der Waals surface area contributed by atoms with E-state index in [-0.39, 0.29) is 24.0 Å². The molecule has 0 aromatic carbocycles. The Hall–Kier alpha value is -1.58. The van der Waals surface area contributed by atoms with Crippen molar-refractivity contribution in [3.8, 4) is 0 Å². The van der Waals surface area contributed by atoms with Gasteiger partial charge in [-0.1, -0.05) is 0 Å². The van der Waals surface area contributed by atoms with E-state index in [4.69, 9.17) is 0 Å². The number of nitrogens with zero attached hydrogens (tertiary/aromatic N) is 2. The molecule has 0 radical (unpaired) electrons. The molecule has 10 heteroatoms. The molecule has 2 fully saturated rings. The zero-order valence-corrected chi connectivity index (χ0v) is 13.0. The molecule has 1 aromatic rings. The fraction of sp³-hybridized carbons (Fsp3) is 0.692. The highest BCUT2D eigenvalue weighted by molar-refractivity contribution is 7.91. The second kappa shape index (κ2) is 5.50. The maximum Gasteiger partial charge on any atom is 0.435 e. The molecular formula is C13H16F3N3O3S. The Kier molecular flexibility index (Phi) is 3.89. The average Bonchev–Trinajstić information content (AvgIpc) is 3.07. The van der Waals surface area contributed by atoms with Gasteiger partial charge < -0.3 is 5.32 Å². The summed E-state index contributed by atoms with van der Waals surface area (Å²) in [7, 11) is -3.13. The average molecular weight is 351 g/mol. The predicted molar refractivity (Wildman–Crippen MR) is 74.4 cm³/mol. The van der Waals surface area contributed by atoms with Gasteiger partial charge in [0.25, 0.3) is 0 Å². The lowest BCUT2D eigenvalue weighted by Gasteiger charge is -2.12. The van der Waals surface area contributed by atoms with E-state index in [2.05, 4.69) is 10.4 Å². The Morgan fingerprint density at radius 1 is 1.35 bits per heavy atom. The summed E-state index contributed by atoms with van der Waals surface area (Å²) < 4.78 is 62.1. The zero-order chi connectivity index (χ0) is 16.8. The lowest BCUT2D eigenvalue weighted by Crippen LogP contribution is -2.38. The second-order valence-electron chi connectivity index (χ2n) is 6.05. The van der Waals surface area contributed by atoms with Crippen LogP contribution >= 0.6 is 0 Å². The van der Waals surface area contributed by atoms with Gasteiger partial charge >= 0.3 is 6.18 Å². The summed E-state index contributed by atoms with van der Waals surface area (Å²) in [6.45, 7) is -0.335. The van der Waals surface area contributed by atoms with Gasteiger partial charge in [-0.05, 0) is 25.3 Å². The van der Waals surface area contributed by atoms with Gasteiger partial charge in [0.1, 0.15) is 6.54 Å². The Bertz CT molecular complexity index is 723. The minimum atomic E-state index is -4.55. The van der Waals surface area contributed by atoms with E-state index >= 15 is 0 Å². The molecule has 1 unspecified atom stereocenters. The van der Waals surface area contributed by atoms with E-state index in [0.29, 0.717) is 12.1 Å². The van der Waals surface area contributed by atoms with Crippen LogP contribution in [0.4, 0.5) is 13.2 Å². The summed E-state index contributed by atoms with van der Waals surface area (Å²) >= 11 is 0.